The number of amides is 1. The zero-order chi connectivity index (χ0) is 14.6. The Kier molecular flexibility index (Phi) is 5.36. The lowest BCUT2D eigenvalue weighted by molar-refractivity contribution is -0.134. The van der Waals surface area contributed by atoms with Gasteiger partial charge in [-0.25, -0.2) is 12.7 Å². The molecule has 0 saturated carbocycles. The van der Waals surface area contributed by atoms with E-state index < -0.39 is 10.0 Å². The molecule has 0 atom stereocenters. The Morgan fingerprint density at radius 2 is 1.80 bits per heavy atom. The SMILES string of the molecule is CS(=O)(=O)N1CCC(NCC(=O)N2CCOCC2)CC1. The molecule has 1 N–H and O–H groups in total. The van der Waals surface area contributed by atoms with Crippen molar-refractivity contribution in [3.05, 3.63) is 0 Å². The Bertz CT molecular complexity index is 426. The summed E-state index contributed by atoms with van der Waals surface area (Å²) < 4.78 is 29.5. The molecule has 1 amide bonds. The van der Waals surface area contributed by atoms with Crippen LogP contribution >= 0.6 is 0 Å². The third-order valence-corrected chi connectivity index (χ3v) is 5.13. The molecule has 2 aliphatic heterocycles. The number of sulfonamides is 1. The second kappa shape index (κ2) is 6.84. The van der Waals surface area contributed by atoms with Gasteiger partial charge in [0.2, 0.25) is 15.9 Å². The number of carbonyl (C=O) groups excluding carboxylic acids is 1. The summed E-state index contributed by atoms with van der Waals surface area (Å²) in [7, 11) is -3.08. The lowest BCUT2D eigenvalue weighted by Crippen LogP contribution is -2.49. The second-order valence-electron chi connectivity index (χ2n) is 5.31. The number of hydrogen-bond acceptors (Lipinski definition) is 5. The average molecular weight is 305 g/mol. The van der Waals surface area contributed by atoms with Crippen molar-refractivity contribution in [3.63, 3.8) is 0 Å². The number of hydrogen-bond donors (Lipinski definition) is 1. The van der Waals surface area contributed by atoms with E-state index in [9.17, 15) is 13.2 Å². The van der Waals surface area contributed by atoms with Crippen molar-refractivity contribution in [2.24, 2.45) is 0 Å². The highest BCUT2D eigenvalue weighted by atomic mass is 32.2. The van der Waals surface area contributed by atoms with Crippen LogP contribution in [-0.2, 0) is 19.6 Å². The summed E-state index contributed by atoms with van der Waals surface area (Å²) in [4.78, 5) is 13.8. The van der Waals surface area contributed by atoms with Gasteiger partial charge in [-0.15, -0.1) is 0 Å². The largest absolute Gasteiger partial charge is 0.378 e. The van der Waals surface area contributed by atoms with Gasteiger partial charge in [0.1, 0.15) is 0 Å². The van der Waals surface area contributed by atoms with Crippen LogP contribution in [0.2, 0.25) is 0 Å². The summed E-state index contributed by atoms with van der Waals surface area (Å²) in [5.74, 6) is 0.0962. The predicted molar refractivity (Wildman–Crippen MR) is 74.8 cm³/mol. The highest BCUT2D eigenvalue weighted by Gasteiger charge is 2.25. The van der Waals surface area contributed by atoms with Crippen molar-refractivity contribution in [2.45, 2.75) is 18.9 Å². The Labute approximate surface area is 120 Å². The molecule has 116 valence electrons. The lowest BCUT2D eigenvalue weighted by Gasteiger charge is -2.32. The van der Waals surface area contributed by atoms with E-state index in [4.69, 9.17) is 4.74 Å². The van der Waals surface area contributed by atoms with E-state index in [2.05, 4.69) is 5.32 Å². The van der Waals surface area contributed by atoms with Gasteiger partial charge in [0.25, 0.3) is 0 Å². The molecule has 2 rings (SSSR count). The smallest absolute Gasteiger partial charge is 0.236 e. The quantitative estimate of drug-likeness (QED) is 0.710. The van der Waals surface area contributed by atoms with Gasteiger partial charge < -0.3 is 15.0 Å². The normalized spacial score (nSPS) is 22.9. The monoisotopic (exact) mass is 305 g/mol. The van der Waals surface area contributed by atoms with E-state index >= 15 is 0 Å². The van der Waals surface area contributed by atoms with Gasteiger partial charge in [-0.05, 0) is 12.8 Å². The molecule has 0 aromatic heterocycles. The van der Waals surface area contributed by atoms with Crippen molar-refractivity contribution >= 4 is 15.9 Å². The first-order valence-electron chi connectivity index (χ1n) is 7.01. The zero-order valence-corrected chi connectivity index (χ0v) is 12.7. The maximum Gasteiger partial charge on any atom is 0.236 e. The molecule has 0 bridgehead atoms. The first kappa shape index (κ1) is 15.7. The summed E-state index contributed by atoms with van der Waals surface area (Å²) in [5.41, 5.74) is 0. The predicted octanol–water partition coefficient (Wildman–Crippen LogP) is -1.14. The van der Waals surface area contributed by atoms with Gasteiger partial charge in [0, 0.05) is 32.2 Å². The highest BCUT2D eigenvalue weighted by Crippen LogP contribution is 2.13. The van der Waals surface area contributed by atoms with Gasteiger partial charge in [0.05, 0.1) is 26.0 Å². The van der Waals surface area contributed by atoms with Gasteiger partial charge in [-0.2, -0.15) is 0 Å². The van der Waals surface area contributed by atoms with Crippen molar-refractivity contribution in [1.29, 1.82) is 0 Å². The maximum atomic E-state index is 12.0. The van der Waals surface area contributed by atoms with Gasteiger partial charge in [0.15, 0.2) is 0 Å². The van der Waals surface area contributed by atoms with Crippen LogP contribution in [0.5, 0.6) is 0 Å². The van der Waals surface area contributed by atoms with Gasteiger partial charge in [-0.3, -0.25) is 4.79 Å². The number of rotatable bonds is 4. The average Bonchev–Trinajstić information content (AvgIpc) is 2.45. The zero-order valence-electron chi connectivity index (χ0n) is 11.9. The van der Waals surface area contributed by atoms with E-state index in [1.807, 2.05) is 4.90 Å². The standard InChI is InChI=1S/C12H23N3O4S/c1-20(17,18)15-4-2-11(3-5-15)13-10-12(16)14-6-8-19-9-7-14/h11,13H,2-10H2,1H3. The molecule has 7 nitrogen and oxygen atoms in total. The fourth-order valence-corrected chi connectivity index (χ4v) is 3.42. The number of carbonyl (C=O) groups is 1. The Morgan fingerprint density at radius 3 is 2.35 bits per heavy atom. The van der Waals surface area contributed by atoms with Crippen LogP contribution in [0.1, 0.15) is 12.8 Å². The summed E-state index contributed by atoms with van der Waals surface area (Å²) >= 11 is 0. The summed E-state index contributed by atoms with van der Waals surface area (Å²) in [6.07, 6.45) is 2.75. The molecule has 0 aromatic rings. The van der Waals surface area contributed by atoms with E-state index in [0.29, 0.717) is 45.9 Å². The molecule has 0 unspecified atom stereocenters. The van der Waals surface area contributed by atoms with E-state index in [0.717, 1.165) is 12.8 Å². The van der Waals surface area contributed by atoms with E-state index in [-0.39, 0.29) is 11.9 Å². The van der Waals surface area contributed by atoms with E-state index in [1.54, 1.807) is 0 Å². The molecule has 0 radical (unpaired) electrons. The van der Waals surface area contributed by atoms with Gasteiger partial charge in [-0.1, -0.05) is 0 Å². The number of morpholine rings is 1. The van der Waals surface area contributed by atoms with Crippen LogP contribution < -0.4 is 5.32 Å². The van der Waals surface area contributed by atoms with E-state index in [1.165, 1.54) is 10.6 Å². The molecule has 8 heteroatoms. The van der Waals surface area contributed by atoms with Crippen molar-refractivity contribution in [1.82, 2.24) is 14.5 Å². The first-order valence-corrected chi connectivity index (χ1v) is 8.85. The summed E-state index contributed by atoms with van der Waals surface area (Å²) in [5, 5.41) is 3.24. The molecule has 0 aliphatic carbocycles. The third-order valence-electron chi connectivity index (χ3n) is 3.83. The molecule has 2 fully saturated rings. The fourth-order valence-electron chi connectivity index (χ4n) is 2.55. The number of ether oxygens (including phenoxy) is 1. The molecular weight excluding hydrogens is 282 g/mol. The van der Waals surface area contributed by atoms with Crippen LogP contribution in [0, 0.1) is 0 Å². The van der Waals surface area contributed by atoms with Crippen LogP contribution in [0.4, 0.5) is 0 Å². The molecule has 2 aliphatic rings. The molecule has 0 aromatic carbocycles. The highest BCUT2D eigenvalue weighted by molar-refractivity contribution is 7.88. The second-order valence-corrected chi connectivity index (χ2v) is 7.29. The first-order chi connectivity index (χ1) is 9.47. The topological polar surface area (TPSA) is 79.0 Å². The lowest BCUT2D eigenvalue weighted by atomic mass is 10.1. The van der Waals surface area contributed by atoms with Crippen LogP contribution in [0.15, 0.2) is 0 Å². The fraction of sp³-hybridized carbons (Fsp3) is 0.917. The maximum absolute atomic E-state index is 12.0. The van der Waals surface area contributed by atoms with Gasteiger partial charge >= 0.3 is 0 Å². The van der Waals surface area contributed by atoms with Crippen molar-refractivity contribution in [2.75, 3.05) is 52.2 Å². The molecule has 2 saturated heterocycles. The molecule has 0 spiro atoms. The minimum absolute atomic E-state index is 0.0962. The van der Waals surface area contributed by atoms with Crippen LogP contribution in [-0.4, -0.2) is 81.8 Å². The molecule has 20 heavy (non-hydrogen) atoms. The number of nitrogens with zero attached hydrogens (tertiary/aromatic N) is 2. The molecule has 2 heterocycles. The van der Waals surface area contributed by atoms with Crippen LogP contribution in [0.3, 0.4) is 0 Å². The summed E-state index contributed by atoms with van der Waals surface area (Å²) in [6.45, 7) is 3.92. The van der Waals surface area contributed by atoms with Crippen molar-refractivity contribution < 1.29 is 17.9 Å². The molecular formula is C12H23N3O4S. The summed E-state index contributed by atoms with van der Waals surface area (Å²) in [6, 6.07) is 0.220. The number of piperidine rings is 1. The Balaban J connectivity index is 1.69. The number of nitrogens with one attached hydrogen (secondary N) is 1. The third kappa shape index (κ3) is 4.41. The Morgan fingerprint density at radius 1 is 1.20 bits per heavy atom. The minimum atomic E-state index is -3.08. The Hall–Kier alpha value is -0.700. The van der Waals surface area contributed by atoms with Crippen LogP contribution in [0.25, 0.3) is 0 Å². The minimum Gasteiger partial charge on any atom is -0.378 e. The van der Waals surface area contributed by atoms with Crippen molar-refractivity contribution in [3.8, 4) is 0 Å².